The van der Waals surface area contributed by atoms with Crippen molar-refractivity contribution in [1.82, 2.24) is 15.1 Å². The van der Waals surface area contributed by atoms with Crippen molar-refractivity contribution in [3.05, 3.63) is 41.7 Å². The molecule has 1 aliphatic rings. The van der Waals surface area contributed by atoms with Gasteiger partial charge < -0.3 is 10.1 Å². The van der Waals surface area contributed by atoms with Crippen LogP contribution in [0.15, 0.2) is 36.7 Å². The maximum absolute atomic E-state index is 5.85. The second-order valence-corrected chi connectivity index (χ2v) is 5.54. The lowest BCUT2D eigenvalue weighted by Gasteiger charge is -2.23. The van der Waals surface area contributed by atoms with Gasteiger partial charge >= 0.3 is 0 Å². The van der Waals surface area contributed by atoms with Crippen LogP contribution in [0, 0.1) is 0 Å². The predicted octanol–water partition coefficient (Wildman–Crippen LogP) is 3.47. The first-order valence-electron chi connectivity index (χ1n) is 6.99. The number of rotatable bonds is 4. The average molecular weight is 292 g/mol. The Bertz CT molecular complexity index is 547. The van der Waals surface area contributed by atoms with Gasteiger partial charge in [-0.25, -0.2) is 0 Å². The molecule has 2 aromatic rings. The Kier molecular flexibility index (Phi) is 4.23. The molecule has 4 nitrogen and oxygen atoms in total. The normalized spacial score (nSPS) is 18.9. The minimum Gasteiger partial charge on any atom is -0.454 e. The summed E-state index contributed by atoms with van der Waals surface area (Å²) in [6, 6.07) is 7.85. The molecule has 1 fully saturated rings. The van der Waals surface area contributed by atoms with Crippen LogP contribution in [0.2, 0.25) is 5.02 Å². The molecule has 0 amide bonds. The fourth-order valence-electron chi connectivity index (χ4n) is 2.44. The molecular weight excluding hydrogens is 274 g/mol. The molecule has 0 bridgehead atoms. The first-order valence-corrected chi connectivity index (χ1v) is 7.37. The maximum Gasteiger partial charge on any atom is 0.165 e. The van der Waals surface area contributed by atoms with E-state index in [2.05, 4.69) is 10.4 Å². The third-order valence-corrected chi connectivity index (χ3v) is 3.73. The predicted molar refractivity (Wildman–Crippen MR) is 79.4 cm³/mol. The van der Waals surface area contributed by atoms with Gasteiger partial charge in [-0.15, -0.1) is 0 Å². The zero-order valence-corrected chi connectivity index (χ0v) is 12.0. The number of ether oxygens (including phenoxy) is 1. The zero-order chi connectivity index (χ0) is 13.8. The summed E-state index contributed by atoms with van der Waals surface area (Å²) in [5.41, 5.74) is 0. The Morgan fingerprint density at radius 3 is 2.85 bits per heavy atom. The van der Waals surface area contributed by atoms with Gasteiger partial charge in [-0.3, -0.25) is 4.68 Å². The fourth-order valence-corrected chi connectivity index (χ4v) is 2.57. The van der Waals surface area contributed by atoms with Crippen LogP contribution in [0.5, 0.6) is 11.5 Å². The molecule has 2 heterocycles. The largest absolute Gasteiger partial charge is 0.454 e. The average Bonchev–Trinajstić information content (AvgIpc) is 2.90. The van der Waals surface area contributed by atoms with E-state index in [1.165, 1.54) is 19.3 Å². The van der Waals surface area contributed by atoms with E-state index in [0.717, 1.165) is 24.6 Å². The van der Waals surface area contributed by atoms with Crippen molar-refractivity contribution >= 4 is 11.6 Å². The summed E-state index contributed by atoms with van der Waals surface area (Å²) in [6.45, 7) is 2.00. The van der Waals surface area contributed by atoms with E-state index in [1.54, 1.807) is 6.20 Å². The number of benzene rings is 1. The number of piperidine rings is 1. The second kappa shape index (κ2) is 6.29. The SMILES string of the molecule is Clc1ccc(Oc2cnn(CC3CCCCN3)c2)cc1. The van der Waals surface area contributed by atoms with Gasteiger partial charge in [-0.2, -0.15) is 5.10 Å². The van der Waals surface area contributed by atoms with E-state index in [0.29, 0.717) is 11.1 Å². The molecule has 5 heteroatoms. The van der Waals surface area contributed by atoms with Crippen LogP contribution in [0.3, 0.4) is 0 Å². The molecule has 1 aliphatic heterocycles. The summed E-state index contributed by atoms with van der Waals surface area (Å²) in [7, 11) is 0. The lowest BCUT2D eigenvalue weighted by Crippen LogP contribution is -2.37. The van der Waals surface area contributed by atoms with Crippen molar-refractivity contribution in [2.75, 3.05) is 6.54 Å². The molecule has 20 heavy (non-hydrogen) atoms. The Balaban J connectivity index is 1.60. The molecule has 106 valence electrons. The highest BCUT2D eigenvalue weighted by atomic mass is 35.5. The third-order valence-electron chi connectivity index (χ3n) is 3.48. The Hall–Kier alpha value is -1.52. The van der Waals surface area contributed by atoms with Gasteiger partial charge in [0.1, 0.15) is 5.75 Å². The van der Waals surface area contributed by atoms with Crippen LogP contribution in [0.25, 0.3) is 0 Å². The summed E-state index contributed by atoms with van der Waals surface area (Å²) in [5.74, 6) is 1.52. The summed E-state index contributed by atoms with van der Waals surface area (Å²) in [6.07, 6.45) is 7.48. The van der Waals surface area contributed by atoms with Crippen molar-refractivity contribution in [3.63, 3.8) is 0 Å². The first-order chi connectivity index (χ1) is 9.79. The quantitative estimate of drug-likeness (QED) is 0.937. The second-order valence-electron chi connectivity index (χ2n) is 5.10. The molecule has 3 rings (SSSR count). The van der Waals surface area contributed by atoms with Gasteiger partial charge in [0, 0.05) is 11.1 Å². The number of halogens is 1. The van der Waals surface area contributed by atoms with Crippen LogP contribution in [0.1, 0.15) is 19.3 Å². The molecule has 1 atom stereocenters. The first kappa shape index (κ1) is 13.5. The highest BCUT2D eigenvalue weighted by Crippen LogP contribution is 2.22. The molecule has 1 N–H and O–H groups in total. The van der Waals surface area contributed by atoms with E-state index in [1.807, 2.05) is 35.1 Å². The number of hydrogen-bond acceptors (Lipinski definition) is 3. The van der Waals surface area contributed by atoms with Crippen LogP contribution in [-0.2, 0) is 6.54 Å². The lowest BCUT2D eigenvalue weighted by atomic mass is 10.1. The maximum atomic E-state index is 5.85. The standard InChI is InChI=1S/C15H18ClN3O/c16-12-4-6-14(7-5-12)20-15-9-18-19(11-15)10-13-3-1-2-8-17-13/h4-7,9,11,13,17H,1-3,8,10H2. The van der Waals surface area contributed by atoms with Crippen LogP contribution >= 0.6 is 11.6 Å². The van der Waals surface area contributed by atoms with E-state index in [4.69, 9.17) is 16.3 Å². The fraction of sp³-hybridized carbons (Fsp3) is 0.400. The van der Waals surface area contributed by atoms with Crippen molar-refractivity contribution < 1.29 is 4.74 Å². The number of nitrogens with one attached hydrogen (secondary N) is 1. The van der Waals surface area contributed by atoms with E-state index >= 15 is 0 Å². The van der Waals surface area contributed by atoms with Gasteiger partial charge in [0.25, 0.3) is 0 Å². The van der Waals surface area contributed by atoms with Gasteiger partial charge in [0.15, 0.2) is 5.75 Å². The van der Waals surface area contributed by atoms with E-state index in [-0.39, 0.29) is 0 Å². The van der Waals surface area contributed by atoms with Crippen LogP contribution in [0.4, 0.5) is 0 Å². The van der Waals surface area contributed by atoms with Crippen molar-refractivity contribution in [3.8, 4) is 11.5 Å². The van der Waals surface area contributed by atoms with E-state index in [9.17, 15) is 0 Å². The Morgan fingerprint density at radius 1 is 1.25 bits per heavy atom. The Labute approximate surface area is 123 Å². The summed E-state index contributed by atoms with van der Waals surface area (Å²) in [4.78, 5) is 0. The molecule has 0 radical (unpaired) electrons. The molecule has 1 unspecified atom stereocenters. The molecule has 0 spiro atoms. The molecule has 0 saturated carbocycles. The number of aromatic nitrogens is 2. The smallest absolute Gasteiger partial charge is 0.165 e. The van der Waals surface area contributed by atoms with Crippen molar-refractivity contribution in [1.29, 1.82) is 0 Å². The van der Waals surface area contributed by atoms with Crippen LogP contribution in [-0.4, -0.2) is 22.4 Å². The molecular formula is C15H18ClN3O. The molecule has 1 saturated heterocycles. The third kappa shape index (κ3) is 3.52. The van der Waals surface area contributed by atoms with Crippen molar-refractivity contribution in [2.45, 2.75) is 31.8 Å². The number of nitrogens with zero attached hydrogens (tertiary/aromatic N) is 2. The van der Waals surface area contributed by atoms with Crippen molar-refractivity contribution in [2.24, 2.45) is 0 Å². The van der Waals surface area contributed by atoms with Gasteiger partial charge in [0.2, 0.25) is 0 Å². The summed E-state index contributed by atoms with van der Waals surface area (Å²) >= 11 is 5.85. The Morgan fingerprint density at radius 2 is 2.10 bits per heavy atom. The summed E-state index contributed by atoms with van der Waals surface area (Å²) in [5, 5.41) is 8.57. The number of hydrogen-bond donors (Lipinski definition) is 1. The lowest BCUT2D eigenvalue weighted by molar-refractivity contribution is 0.350. The van der Waals surface area contributed by atoms with Gasteiger partial charge in [-0.1, -0.05) is 18.0 Å². The minimum absolute atomic E-state index is 0.520. The zero-order valence-electron chi connectivity index (χ0n) is 11.3. The molecule has 0 aliphatic carbocycles. The minimum atomic E-state index is 0.520. The molecule has 1 aromatic heterocycles. The summed E-state index contributed by atoms with van der Waals surface area (Å²) < 4.78 is 7.68. The topological polar surface area (TPSA) is 39.1 Å². The highest BCUT2D eigenvalue weighted by molar-refractivity contribution is 6.30. The highest BCUT2D eigenvalue weighted by Gasteiger charge is 2.13. The van der Waals surface area contributed by atoms with Gasteiger partial charge in [0.05, 0.1) is 18.9 Å². The van der Waals surface area contributed by atoms with Crippen LogP contribution < -0.4 is 10.1 Å². The monoisotopic (exact) mass is 291 g/mol. The molecule has 1 aromatic carbocycles. The van der Waals surface area contributed by atoms with Gasteiger partial charge in [-0.05, 0) is 43.7 Å². The van der Waals surface area contributed by atoms with E-state index < -0.39 is 0 Å².